The fraction of sp³-hybridized carbons (Fsp3) is 0.130. The maximum absolute atomic E-state index is 2.54. The number of benzene rings is 7. The molecule has 8 aromatic rings. The van der Waals surface area contributed by atoms with Gasteiger partial charge in [-0.25, -0.2) is 0 Å². The zero-order valence-electron chi connectivity index (χ0n) is 27.2. The van der Waals surface area contributed by atoms with E-state index in [0.717, 1.165) is 0 Å². The van der Waals surface area contributed by atoms with Crippen LogP contribution in [0.2, 0.25) is 0 Å². The van der Waals surface area contributed by atoms with Gasteiger partial charge in [0.1, 0.15) is 0 Å². The van der Waals surface area contributed by atoms with Crippen LogP contribution in [0.5, 0.6) is 0 Å². The van der Waals surface area contributed by atoms with Crippen LogP contribution in [0.15, 0.2) is 140 Å². The maximum Gasteiger partial charge on any atom is 0.0588 e. The van der Waals surface area contributed by atoms with Crippen molar-refractivity contribution in [2.24, 2.45) is 0 Å². The Balaban J connectivity index is 1.20. The third-order valence-electron chi connectivity index (χ3n) is 11.4. The van der Waals surface area contributed by atoms with Crippen LogP contribution in [0, 0.1) is 0 Å². The standard InChI is InChI=1S/C46H35N/c1-45(2)38-15-9-8-14-34(38)37-27-30(19-25-40(37)45)28-17-21-31(22-18-28)47-41-26-20-29-11-5-6-12-32(29)42(41)36-24-23-35-33-13-7-10-16-39(33)46(3,4)43(35)44(36)47/h5-27H,1-4H3. The van der Waals surface area contributed by atoms with Gasteiger partial charge in [0.05, 0.1) is 11.0 Å². The summed E-state index contributed by atoms with van der Waals surface area (Å²) in [6.07, 6.45) is 0. The summed E-state index contributed by atoms with van der Waals surface area (Å²) < 4.78 is 2.54. The van der Waals surface area contributed by atoms with Crippen molar-refractivity contribution >= 4 is 32.6 Å². The van der Waals surface area contributed by atoms with Gasteiger partial charge >= 0.3 is 0 Å². The molecule has 10 rings (SSSR count). The molecule has 0 saturated heterocycles. The highest BCUT2D eigenvalue weighted by Gasteiger charge is 2.39. The molecule has 0 spiro atoms. The Labute approximate surface area is 275 Å². The summed E-state index contributed by atoms with van der Waals surface area (Å²) in [6.45, 7) is 9.48. The van der Waals surface area contributed by atoms with Crippen molar-refractivity contribution in [2.45, 2.75) is 38.5 Å². The van der Waals surface area contributed by atoms with Crippen LogP contribution in [-0.4, -0.2) is 4.57 Å². The van der Waals surface area contributed by atoms with Crippen LogP contribution in [0.3, 0.4) is 0 Å². The van der Waals surface area contributed by atoms with Crippen molar-refractivity contribution in [3.05, 3.63) is 162 Å². The molecule has 47 heavy (non-hydrogen) atoms. The first-order valence-electron chi connectivity index (χ1n) is 16.8. The Morgan fingerprint density at radius 1 is 0.447 bits per heavy atom. The molecule has 2 aliphatic rings. The smallest absolute Gasteiger partial charge is 0.0588 e. The summed E-state index contributed by atoms with van der Waals surface area (Å²) in [6, 6.07) is 52.4. The van der Waals surface area contributed by atoms with E-state index in [-0.39, 0.29) is 10.8 Å². The van der Waals surface area contributed by atoms with Crippen molar-refractivity contribution < 1.29 is 0 Å². The zero-order chi connectivity index (χ0) is 31.7. The number of hydrogen-bond donors (Lipinski definition) is 0. The molecule has 7 aromatic carbocycles. The van der Waals surface area contributed by atoms with Gasteiger partial charge in [0.15, 0.2) is 0 Å². The molecule has 0 radical (unpaired) electrons. The number of fused-ring (bicyclic) bond motifs is 12. The first-order valence-corrected chi connectivity index (χ1v) is 16.8. The molecule has 1 aromatic heterocycles. The molecule has 1 nitrogen and oxygen atoms in total. The fourth-order valence-corrected chi connectivity index (χ4v) is 9.10. The van der Waals surface area contributed by atoms with Crippen LogP contribution in [0.1, 0.15) is 49.9 Å². The Kier molecular flexibility index (Phi) is 5.19. The van der Waals surface area contributed by atoms with Gasteiger partial charge in [0.2, 0.25) is 0 Å². The molecule has 0 saturated carbocycles. The van der Waals surface area contributed by atoms with Crippen LogP contribution < -0.4 is 0 Å². The molecule has 0 aliphatic heterocycles. The quantitative estimate of drug-likeness (QED) is 0.186. The van der Waals surface area contributed by atoms with Gasteiger partial charge in [0.25, 0.3) is 0 Å². The highest BCUT2D eigenvalue weighted by Crippen LogP contribution is 2.54. The van der Waals surface area contributed by atoms with E-state index in [2.05, 4.69) is 172 Å². The summed E-state index contributed by atoms with van der Waals surface area (Å²) in [5.74, 6) is 0. The monoisotopic (exact) mass is 601 g/mol. The second kappa shape index (κ2) is 9.11. The van der Waals surface area contributed by atoms with Crippen LogP contribution in [0.25, 0.3) is 71.6 Å². The average molecular weight is 602 g/mol. The number of aromatic nitrogens is 1. The van der Waals surface area contributed by atoms with E-state index in [1.54, 1.807) is 0 Å². The molecular formula is C46H35N. The van der Waals surface area contributed by atoms with Crippen LogP contribution in [-0.2, 0) is 10.8 Å². The molecule has 0 amide bonds. The molecule has 0 bridgehead atoms. The SMILES string of the molecule is CC1(C)c2ccccc2-c2cc(-c3ccc(-n4c5ccc6ccccc6c5c5ccc6c(c54)C(C)(C)c4ccccc4-6)cc3)ccc21. The summed E-state index contributed by atoms with van der Waals surface area (Å²) >= 11 is 0. The summed E-state index contributed by atoms with van der Waals surface area (Å²) in [7, 11) is 0. The molecule has 1 heterocycles. The highest BCUT2D eigenvalue weighted by molar-refractivity contribution is 6.23. The zero-order valence-corrected chi connectivity index (χ0v) is 27.2. The lowest BCUT2D eigenvalue weighted by molar-refractivity contribution is 0.660. The Morgan fingerprint density at radius 3 is 1.87 bits per heavy atom. The second-order valence-electron chi connectivity index (χ2n) is 14.5. The van der Waals surface area contributed by atoms with Crippen molar-refractivity contribution in [3.8, 4) is 39.1 Å². The first-order chi connectivity index (χ1) is 22.8. The Bertz CT molecular complexity index is 2610. The minimum absolute atomic E-state index is 0.0166. The van der Waals surface area contributed by atoms with Crippen molar-refractivity contribution in [1.29, 1.82) is 0 Å². The molecule has 2 aliphatic carbocycles. The van der Waals surface area contributed by atoms with E-state index >= 15 is 0 Å². The lowest BCUT2D eigenvalue weighted by atomic mass is 9.81. The van der Waals surface area contributed by atoms with Crippen molar-refractivity contribution in [2.75, 3.05) is 0 Å². The topological polar surface area (TPSA) is 4.93 Å². The van der Waals surface area contributed by atoms with Crippen LogP contribution >= 0.6 is 0 Å². The van der Waals surface area contributed by atoms with Gasteiger partial charge in [-0.1, -0.05) is 143 Å². The predicted molar refractivity (Wildman–Crippen MR) is 199 cm³/mol. The highest BCUT2D eigenvalue weighted by atomic mass is 15.0. The van der Waals surface area contributed by atoms with E-state index in [0.29, 0.717) is 0 Å². The molecule has 0 atom stereocenters. The van der Waals surface area contributed by atoms with Gasteiger partial charge in [0, 0.05) is 27.3 Å². The summed E-state index contributed by atoms with van der Waals surface area (Å²) in [5, 5.41) is 5.23. The second-order valence-corrected chi connectivity index (χ2v) is 14.5. The first kappa shape index (κ1) is 26.8. The Morgan fingerprint density at radius 2 is 1.09 bits per heavy atom. The predicted octanol–water partition coefficient (Wildman–Crippen LogP) is 12.2. The van der Waals surface area contributed by atoms with E-state index in [1.807, 2.05) is 0 Å². The molecular weight excluding hydrogens is 567 g/mol. The molecule has 0 fully saturated rings. The third kappa shape index (κ3) is 3.44. The normalized spacial score (nSPS) is 15.1. The van der Waals surface area contributed by atoms with Crippen molar-refractivity contribution in [1.82, 2.24) is 4.57 Å². The van der Waals surface area contributed by atoms with Crippen molar-refractivity contribution in [3.63, 3.8) is 0 Å². The third-order valence-corrected chi connectivity index (χ3v) is 11.4. The minimum atomic E-state index is -0.123. The van der Waals surface area contributed by atoms with Crippen LogP contribution in [0.4, 0.5) is 0 Å². The van der Waals surface area contributed by atoms with E-state index in [4.69, 9.17) is 0 Å². The molecule has 0 unspecified atom stereocenters. The largest absolute Gasteiger partial charge is 0.309 e. The number of nitrogens with zero attached hydrogens (tertiary/aromatic N) is 1. The Hall–Kier alpha value is -5.40. The van der Waals surface area contributed by atoms with Gasteiger partial charge in [-0.15, -0.1) is 0 Å². The minimum Gasteiger partial charge on any atom is -0.309 e. The summed E-state index contributed by atoms with van der Waals surface area (Å²) in [4.78, 5) is 0. The van der Waals surface area contributed by atoms with Gasteiger partial charge in [-0.3, -0.25) is 0 Å². The van der Waals surface area contributed by atoms with Gasteiger partial charge < -0.3 is 4.57 Å². The maximum atomic E-state index is 2.54. The summed E-state index contributed by atoms with van der Waals surface area (Å²) in [5.41, 5.74) is 17.2. The van der Waals surface area contributed by atoms with E-state index < -0.39 is 0 Å². The lowest BCUT2D eigenvalue weighted by Gasteiger charge is -2.23. The van der Waals surface area contributed by atoms with Gasteiger partial charge in [-0.05, 0) is 90.7 Å². The molecule has 1 heteroatoms. The fourth-order valence-electron chi connectivity index (χ4n) is 9.10. The number of hydrogen-bond acceptors (Lipinski definition) is 0. The van der Waals surface area contributed by atoms with Gasteiger partial charge in [-0.2, -0.15) is 0 Å². The van der Waals surface area contributed by atoms with E-state index in [9.17, 15) is 0 Å². The molecule has 224 valence electrons. The molecule has 0 N–H and O–H groups in total. The number of rotatable bonds is 2. The average Bonchev–Trinajstić information content (AvgIpc) is 3.65. The van der Waals surface area contributed by atoms with E-state index in [1.165, 1.54) is 93.9 Å². The lowest BCUT2D eigenvalue weighted by Crippen LogP contribution is -2.16.